The molecule has 0 aliphatic carbocycles. The summed E-state index contributed by atoms with van der Waals surface area (Å²) < 4.78 is 4.94. The van der Waals surface area contributed by atoms with Crippen molar-refractivity contribution in [3.63, 3.8) is 0 Å². The van der Waals surface area contributed by atoms with Gasteiger partial charge < -0.3 is 19.5 Å². The number of imidazole rings is 1. The molecule has 2 amide bonds. The molecule has 0 spiro atoms. The van der Waals surface area contributed by atoms with E-state index in [0.717, 1.165) is 55.8 Å². The molecule has 1 N–H and O–H groups in total. The number of fused-ring (bicyclic) bond motifs is 1. The molecular formula is C20H27N5O3. The Morgan fingerprint density at radius 1 is 1.21 bits per heavy atom. The fraction of sp³-hybridized carbons (Fsp3) is 0.600. The second-order valence-electron chi connectivity index (χ2n) is 7.71. The molecule has 2 aromatic rings. The Bertz CT molecular complexity index is 810. The fourth-order valence-electron chi connectivity index (χ4n) is 4.31. The SMILES string of the molecule is COCC(=O)N1CCCC(C(=O)N2CCC(c3nc4ncccc4[nH]3)CC2)C1. The van der Waals surface area contributed by atoms with Crippen LogP contribution in [0, 0.1) is 5.92 Å². The number of methoxy groups -OCH3 is 1. The highest BCUT2D eigenvalue weighted by atomic mass is 16.5. The molecule has 1 unspecified atom stereocenters. The second kappa shape index (κ2) is 8.26. The summed E-state index contributed by atoms with van der Waals surface area (Å²) >= 11 is 0. The van der Waals surface area contributed by atoms with Gasteiger partial charge in [0, 0.05) is 45.4 Å². The standard InChI is InChI=1S/C20H27N5O3/c1-28-13-17(26)25-9-3-4-15(12-25)20(27)24-10-6-14(7-11-24)18-22-16-5-2-8-21-19(16)23-18/h2,5,8,14-15H,3-4,6-7,9-13H2,1H3,(H,21,22,23). The van der Waals surface area contributed by atoms with Crippen LogP contribution >= 0.6 is 0 Å². The number of hydrogen-bond acceptors (Lipinski definition) is 5. The number of amides is 2. The molecule has 2 aliphatic rings. The quantitative estimate of drug-likeness (QED) is 0.862. The lowest BCUT2D eigenvalue weighted by Gasteiger charge is -2.37. The summed E-state index contributed by atoms with van der Waals surface area (Å²) in [5.74, 6) is 1.34. The third kappa shape index (κ3) is 3.87. The number of carbonyl (C=O) groups excluding carboxylic acids is 2. The maximum absolute atomic E-state index is 13.0. The van der Waals surface area contributed by atoms with E-state index in [9.17, 15) is 9.59 Å². The highest BCUT2D eigenvalue weighted by Gasteiger charge is 2.33. The summed E-state index contributed by atoms with van der Waals surface area (Å²) in [5.41, 5.74) is 1.71. The maximum Gasteiger partial charge on any atom is 0.248 e. The van der Waals surface area contributed by atoms with Crippen LogP contribution in [0.4, 0.5) is 0 Å². The third-order valence-corrected chi connectivity index (χ3v) is 5.86. The van der Waals surface area contributed by atoms with Crippen LogP contribution in [0.5, 0.6) is 0 Å². The van der Waals surface area contributed by atoms with Crippen LogP contribution < -0.4 is 0 Å². The average molecular weight is 385 g/mol. The van der Waals surface area contributed by atoms with E-state index in [1.54, 1.807) is 11.1 Å². The molecule has 8 nitrogen and oxygen atoms in total. The van der Waals surface area contributed by atoms with Crippen molar-refractivity contribution >= 4 is 23.0 Å². The molecule has 150 valence electrons. The number of pyridine rings is 1. The van der Waals surface area contributed by atoms with Gasteiger partial charge in [-0.15, -0.1) is 0 Å². The van der Waals surface area contributed by atoms with Crippen molar-refractivity contribution in [3.05, 3.63) is 24.2 Å². The fourth-order valence-corrected chi connectivity index (χ4v) is 4.31. The Labute approximate surface area is 164 Å². The van der Waals surface area contributed by atoms with Crippen LogP contribution in [0.1, 0.15) is 37.4 Å². The Kier molecular flexibility index (Phi) is 5.57. The predicted molar refractivity (Wildman–Crippen MR) is 104 cm³/mol. The Morgan fingerprint density at radius 3 is 2.79 bits per heavy atom. The molecule has 2 fully saturated rings. The maximum atomic E-state index is 13.0. The molecule has 2 aliphatic heterocycles. The number of aromatic amines is 1. The molecule has 1 atom stereocenters. The Morgan fingerprint density at radius 2 is 2.04 bits per heavy atom. The van der Waals surface area contributed by atoms with Crippen LogP contribution in [0.25, 0.3) is 11.2 Å². The van der Waals surface area contributed by atoms with Gasteiger partial charge in [0.2, 0.25) is 11.8 Å². The number of hydrogen-bond donors (Lipinski definition) is 1. The first kappa shape index (κ1) is 18.9. The van der Waals surface area contributed by atoms with E-state index in [0.29, 0.717) is 19.0 Å². The van der Waals surface area contributed by atoms with Gasteiger partial charge >= 0.3 is 0 Å². The predicted octanol–water partition coefficient (Wildman–Crippen LogP) is 1.55. The number of H-pyrrole nitrogens is 1. The van der Waals surface area contributed by atoms with Gasteiger partial charge in [-0.05, 0) is 37.8 Å². The molecule has 4 heterocycles. The van der Waals surface area contributed by atoms with Gasteiger partial charge in [0.1, 0.15) is 12.4 Å². The number of likely N-dealkylation sites (tertiary alicyclic amines) is 2. The second-order valence-corrected chi connectivity index (χ2v) is 7.71. The highest BCUT2D eigenvalue weighted by Crippen LogP contribution is 2.29. The summed E-state index contributed by atoms with van der Waals surface area (Å²) in [7, 11) is 1.52. The van der Waals surface area contributed by atoms with Gasteiger partial charge in [0.25, 0.3) is 0 Å². The molecule has 0 aromatic carbocycles. The Balaban J connectivity index is 1.34. The number of aromatic nitrogens is 3. The first-order valence-electron chi connectivity index (χ1n) is 10.0. The van der Waals surface area contributed by atoms with Crippen molar-refractivity contribution in [2.75, 3.05) is 39.9 Å². The number of rotatable bonds is 4. The lowest BCUT2D eigenvalue weighted by Crippen LogP contribution is -2.49. The van der Waals surface area contributed by atoms with E-state index in [-0.39, 0.29) is 24.3 Å². The van der Waals surface area contributed by atoms with E-state index < -0.39 is 0 Å². The van der Waals surface area contributed by atoms with Gasteiger partial charge in [0.15, 0.2) is 5.65 Å². The lowest BCUT2D eigenvalue weighted by molar-refractivity contribution is -0.143. The van der Waals surface area contributed by atoms with Crippen LogP contribution in [0.2, 0.25) is 0 Å². The van der Waals surface area contributed by atoms with Gasteiger partial charge in [-0.25, -0.2) is 9.97 Å². The van der Waals surface area contributed by atoms with Crippen molar-refractivity contribution in [2.24, 2.45) is 5.92 Å². The molecule has 0 radical (unpaired) electrons. The van der Waals surface area contributed by atoms with Crippen molar-refractivity contribution < 1.29 is 14.3 Å². The molecule has 2 aromatic heterocycles. The number of nitrogens with zero attached hydrogens (tertiary/aromatic N) is 4. The molecule has 4 rings (SSSR count). The normalized spacial score (nSPS) is 21.2. The zero-order valence-corrected chi connectivity index (χ0v) is 16.3. The number of nitrogens with one attached hydrogen (secondary N) is 1. The summed E-state index contributed by atoms with van der Waals surface area (Å²) in [6.45, 7) is 2.77. The van der Waals surface area contributed by atoms with Gasteiger partial charge in [-0.3, -0.25) is 9.59 Å². The van der Waals surface area contributed by atoms with Crippen LogP contribution in [-0.2, 0) is 14.3 Å². The van der Waals surface area contributed by atoms with Crippen LogP contribution in [-0.4, -0.2) is 76.5 Å². The van der Waals surface area contributed by atoms with Crippen LogP contribution in [0.15, 0.2) is 18.3 Å². The smallest absolute Gasteiger partial charge is 0.248 e. The molecule has 0 saturated carbocycles. The largest absolute Gasteiger partial charge is 0.375 e. The first-order valence-corrected chi connectivity index (χ1v) is 10.0. The summed E-state index contributed by atoms with van der Waals surface area (Å²) in [4.78, 5) is 41.1. The minimum Gasteiger partial charge on any atom is -0.375 e. The van der Waals surface area contributed by atoms with E-state index >= 15 is 0 Å². The summed E-state index contributed by atoms with van der Waals surface area (Å²) in [6.07, 6.45) is 5.26. The summed E-state index contributed by atoms with van der Waals surface area (Å²) in [6, 6.07) is 3.88. The van der Waals surface area contributed by atoms with Crippen molar-refractivity contribution in [2.45, 2.75) is 31.6 Å². The number of carbonyl (C=O) groups is 2. The molecule has 2 saturated heterocycles. The van der Waals surface area contributed by atoms with E-state index in [4.69, 9.17) is 4.74 Å². The van der Waals surface area contributed by atoms with Crippen molar-refractivity contribution in [3.8, 4) is 0 Å². The first-order chi connectivity index (χ1) is 13.7. The zero-order chi connectivity index (χ0) is 19.5. The topological polar surface area (TPSA) is 91.4 Å². The van der Waals surface area contributed by atoms with E-state index in [1.165, 1.54) is 7.11 Å². The molecule has 28 heavy (non-hydrogen) atoms. The van der Waals surface area contributed by atoms with Crippen molar-refractivity contribution in [1.29, 1.82) is 0 Å². The minimum absolute atomic E-state index is 0.0304. The van der Waals surface area contributed by atoms with E-state index in [1.807, 2.05) is 17.0 Å². The molecule has 8 heteroatoms. The number of piperidine rings is 2. The highest BCUT2D eigenvalue weighted by molar-refractivity contribution is 5.82. The monoisotopic (exact) mass is 385 g/mol. The molecular weight excluding hydrogens is 358 g/mol. The lowest BCUT2D eigenvalue weighted by atomic mass is 9.92. The average Bonchev–Trinajstić information content (AvgIpc) is 3.18. The van der Waals surface area contributed by atoms with Gasteiger partial charge in [0.05, 0.1) is 11.4 Å². The van der Waals surface area contributed by atoms with Crippen molar-refractivity contribution in [1.82, 2.24) is 24.8 Å². The van der Waals surface area contributed by atoms with Gasteiger partial charge in [-0.1, -0.05) is 0 Å². The van der Waals surface area contributed by atoms with Gasteiger partial charge in [-0.2, -0.15) is 0 Å². The third-order valence-electron chi connectivity index (χ3n) is 5.86. The number of ether oxygens (including phenoxy) is 1. The minimum atomic E-state index is -0.0958. The molecule has 0 bridgehead atoms. The van der Waals surface area contributed by atoms with Crippen LogP contribution in [0.3, 0.4) is 0 Å². The Hall–Kier alpha value is -2.48. The summed E-state index contributed by atoms with van der Waals surface area (Å²) in [5, 5.41) is 0. The zero-order valence-electron chi connectivity index (χ0n) is 16.3. The van der Waals surface area contributed by atoms with E-state index in [2.05, 4.69) is 15.0 Å².